The number of hydrogen-bond donors (Lipinski definition) is 1. The number of amides is 1. The van der Waals surface area contributed by atoms with Crippen LogP contribution < -0.4 is 4.74 Å². The molecule has 0 spiro atoms. The van der Waals surface area contributed by atoms with Crippen LogP contribution in [0, 0.1) is 6.92 Å². The number of benzene rings is 1. The monoisotopic (exact) mass is 371 g/mol. The first-order valence-electron chi connectivity index (χ1n) is 6.94. The van der Waals surface area contributed by atoms with E-state index in [1.165, 1.54) is 4.90 Å². The molecule has 120 valence electrons. The number of carboxylic acid groups (broad SMARTS) is 1. The van der Waals surface area contributed by atoms with Gasteiger partial charge in [-0.05, 0) is 47.5 Å². The van der Waals surface area contributed by atoms with Gasteiger partial charge in [0, 0.05) is 6.54 Å². The minimum absolute atomic E-state index is 0.0386. The van der Waals surface area contributed by atoms with Crippen LogP contribution >= 0.6 is 15.9 Å². The van der Waals surface area contributed by atoms with Gasteiger partial charge in [0.2, 0.25) is 0 Å². The van der Waals surface area contributed by atoms with Crippen LogP contribution in [0.5, 0.6) is 5.75 Å². The summed E-state index contributed by atoms with van der Waals surface area (Å²) in [5.74, 6) is -0.733. The molecule has 0 unspecified atom stereocenters. The maximum atomic E-state index is 12.4. The predicted molar refractivity (Wildman–Crippen MR) is 82.9 cm³/mol. The van der Waals surface area contributed by atoms with Crippen molar-refractivity contribution >= 4 is 27.8 Å². The quantitative estimate of drug-likeness (QED) is 0.873. The number of carbonyl (C=O) groups excluding carboxylic acids is 1. The Morgan fingerprint density at radius 3 is 2.86 bits per heavy atom. The summed E-state index contributed by atoms with van der Waals surface area (Å²) in [6.07, 6.45) is -1.68. The van der Waals surface area contributed by atoms with Gasteiger partial charge < -0.3 is 19.5 Å². The van der Waals surface area contributed by atoms with Crippen LogP contribution in [-0.4, -0.2) is 53.8 Å². The van der Waals surface area contributed by atoms with Crippen LogP contribution in [0.4, 0.5) is 0 Å². The smallest absolute Gasteiger partial charge is 0.334 e. The van der Waals surface area contributed by atoms with E-state index in [1.54, 1.807) is 13.0 Å². The zero-order valence-corrected chi connectivity index (χ0v) is 14.0. The van der Waals surface area contributed by atoms with Crippen molar-refractivity contribution in [2.24, 2.45) is 0 Å². The molecule has 0 radical (unpaired) electrons. The number of carbonyl (C=O) groups is 2. The van der Waals surface area contributed by atoms with E-state index in [2.05, 4.69) is 15.9 Å². The largest absolute Gasteiger partial charge is 0.480 e. The normalized spacial score (nSPS) is 19.6. The van der Waals surface area contributed by atoms with Gasteiger partial charge in [0.1, 0.15) is 5.75 Å². The Bertz CT molecular complexity index is 577. The van der Waals surface area contributed by atoms with Crippen molar-refractivity contribution in [2.75, 3.05) is 19.7 Å². The van der Waals surface area contributed by atoms with Crippen LogP contribution in [0.25, 0.3) is 0 Å². The van der Waals surface area contributed by atoms with Gasteiger partial charge >= 0.3 is 5.97 Å². The van der Waals surface area contributed by atoms with E-state index < -0.39 is 18.2 Å². The fraction of sp³-hybridized carbons (Fsp3) is 0.467. The third-order valence-corrected chi connectivity index (χ3v) is 4.01. The van der Waals surface area contributed by atoms with E-state index in [1.807, 2.05) is 19.1 Å². The maximum absolute atomic E-state index is 12.4. The van der Waals surface area contributed by atoms with E-state index in [-0.39, 0.29) is 19.1 Å². The number of rotatable bonds is 4. The number of ether oxygens (including phenoxy) is 2. The van der Waals surface area contributed by atoms with E-state index in [4.69, 9.17) is 14.6 Å². The van der Waals surface area contributed by atoms with Crippen molar-refractivity contribution in [1.82, 2.24) is 4.90 Å². The number of halogens is 1. The molecule has 7 heteroatoms. The van der Waals surface area contributed by atoms with E-state index in [9.17, 15) is 9.59 Å². The summed E-state index contributed by atoms with van der Waals surface area (Å²) in [5.41, 5.74) is 1.08. The highest BCUT2D eigenvalue weighted by Gasteiger charge is 2.31. The van der Waals surface area contributed by atoms with Gasteiger partial charge in [0.25, 0.3) is 5.91 Å². The summed E-state index contributed by atoms with van der Waals surface area (Å²) < 4.78 is 11.6. The maximum Gasteiger partial charge on any atom is 0.334 e. The molecular formula is C15H18BrNO5. The van der Waals surface area contributed by atoms with Gasteiger partial charge in [0.05, 0.1) is 17.6 Å². The summed E-state index contributed by atoms with van der Waals surface area (Å²) in [4.78, 5) is 24.8. The SMILES string of the molecule is Cc1ccc(O[C@@H](C)C(=O)N2CCO[C@@H](C(=O)O)C2)c(Br)c1. The average molecular weight is 372 g/mol. The molecule has 22 heavy (non-hydrogen) atoms. The summed E-state index contributed by atoms with van der Waals surface area (Å²) in [7, 11) is 0. The zero-order chi connectivity index (χ0) is 16.3. The molecule has 1 fully saturated rings. The van der Waals surface area contributed by atoms with Crippen LogP contribution in [0.1, 0.15) is 12.5 Å². The number of carboxylic acids is 1. The zero-order valence-electron chi connectivity index (χ0n) is 12.4. The molecule has 1 aromatic carbocycles. The molecule has 1 amide bonds. The fourth-order valence-corrected chi connectivity index (χ4v) is 2.78. The molecule has 0 aromatic heterocycles. The second kappa shape index (κ2) is 7.11. The molecule has 1 N–H and O–H groups in total. The number of nitrogens with zero attached hydrogens (tertiary/aromatic N) is 1. The Labute approximate surface area is 137 Å². The van der Waals surface area contributed by atoms with Gasteiger partial charge in [-0.15, -0.1) is 0 Å². The number of morpholine rings is 1. The van der Waals surface area contributed by atoms with Crippen molar-refractivity contribution in [3.8, 4) is 5.75 Å². The highest BCUT2D eigenvalue weighted by atomic mass is 79.9. The molecule has 1 aliphatic heterocycles. The first-order chi connectivity index (χ1) is 10.4. The molecule has 6 nitrogen and oxygen atoms in total. The first-order valence-corrected chi connectivity index (χ1v) is 7.74. The predicted octanol–water partition coefficient (Wildman–Crippen LogP) is 1.84. The lowest BCUT2D eigenvalue weighted by Crippen LogP contribution is -2.51. The third kappa shape index (κ3) is 3.98. The van der Waals surface area contributed by atoms with Crippen molar-refractivity contribution in [1.29, 1.82) is 0 Å². The van der Waals surface area contributed by atoms with Gasteiger partial charge in [-0.25, -0.2) is 4.79 Å². The molecular weight excluding hydrogens is 354 g/mol. The van der Waals surface area contributed by atoms with E-state index >= 15 is 0 Å². The number of aryl methyl sites for hydroxylation is 1. The topological polar surface area (TPSA) is 76.1 Å². The van der Waals surface area contributed by atoms with Crippen molar-refractivity contribution in [2.45, 2.75) is 26.1 Å². The first kappa shape index (κ1) is 16.8. The fourth-order valence-electron chi connectivity index (χ4n) is 2.20. The highest BCUT2D eigenvalue weighted by molar-refractivity contribution is 9.10. The number of aliphatic carboxylic acids is 1. The van der Waals surface area contributed by atoms with Crippen LogP contribution in [0.15, 0.2) is 22.7 Å². The minimum Gasteiger partial charge on any atom is -0.480 e. The van der Waals surface area contributed by atoms with Crippen LogP contribution in [-0.2, 0) is 14.3 Å². The lowest BCUT2D eigenvalue weighted by Gasteiger charge is -2.32. The molecule has 2 atom stereocenters. The average Bonchev–Trinajstić information content (AvgIpc) is 2.49. The molecule has 1 aromatic rings. The van der Waals surface area contributed by atoms with E-state index in [0.717, 1.165) is 10.0 Å². The van der Waals surface area contributed by atoms with Crippen molar-refractivity contribution in [3.63, 3.8) is 0 Å². The van der Waals surface area contributed by atoms with Crippen molar-refractivity contribution in [3.05, 3.63) is 28.2 Å². The summed E-state index contributed by atoms with van der Waals surface area (Å²) in [6.45, 7) is 4.23. The van der Waals surface area contributed by atoms with Crippen molar-refractivity contribution < 1.29 is 24.2 Å². The Kier molecular flexibility index (Phi) is 5.42. The van der Waals surface area contributed by atoms with Gasteiger partial charge in [0.15, 0.2) is 12.2 Å². The second-order valence-corrected chi connectivity index (χ2v) is 6.03. The summed E-state index contributed by atoms with van der Waals surface area (Å²) in [6, 6.07) is 5.59. The summed E-state index contributed by atoms with van der Waals surface area (Å²) >= 11 is 3.40. The minimum atomic E-state index is -1.06. The Hall–Kier alpha value is -1.60. The number of hydrogen-bond acceptors (Lipinski definition) is 4. The van der Waals surface area contributed by atoms with Crippen LogP contribution in [0.3, 0.4) is 0 Å². The van der Waals surface area contributed by atoms with Gasteiger partial charge in [-0.2, -0.15) is 0 Å². The second-order valence-electron chi connectivity index (χ2n) is 5.18. The third-order valence-electron chi connectivity index (χ3n) is 3.39. The molecule has 0 bridgehead atoms. The Balaban J connectivity index is 2.01. The van der Waals surface area contributed by atoms with Crippen LogP contribution in [0.2, 0.25) is 0 Å². The highest BCUT2D eigenvalue weighted by Crippen LogP contribution is 2.27. The standard InChI is InChI=1S/C15H18BrNO5/c1-9-3-4-12(11(16)7-9)22-10(2)14(18)17-5-6-21-13(8-17)15(19)20/h3-4,7,10,13H,5-6,8H2,1-2H3,(H,19,20)/t10-,13+/m0/s1. The van der Waals surface area contributed by atoms with Gasteiger partial charge in [-0.1, -0.05) is 6.07 Å². The Morgan fingerprint density at radius 1 is 1.50 bits per heavy atom. The van der Waals surface area contributed by atoms with Gasteiger partial charge in [-0.3, -0.25) is 4.79 Å². The molecule has 2 rings (SSSR count). The lowest BCUT2D eigenvalue weighted by atomic mass is 10.2. The molecule has 1 aliphatic rings. The Morgan fingerprint density at radius 2 is 2.23 bits per heavy atom. The lowest BCUT2D eigenvalue weighted by molar-refractivity contribution is -0.161. The molecule has 0 saturated carbocycles. The molecule has 0 aliphatic carbocycles. The summed E-state index contributed by atoms with van der Waals surface area (Å²) in [5, 5.41) is 8.97. The molecule has 1 heterocycles. The van der Waals surface area contributed by atoms with E-state index in [0.29, 0.717) is 12.3 Å². The molecule has 1 saturated heterocycles.